The molecule has 0 unspecified atom stereocenters. The van der Waals surface area contributed by atoms with Crippen molar-refractivity contribution in [3.8, 4) is 11.4 Å². The average Bonchev–Trinajstić information content (AvgIpc) is 3.82. The second-order valence-corrected chi connectivity index (χ2v) is 16.3. The zero-order chi connectivity index (χ0) is 40.1. The van der Waals surface area contributed by atoms with Crippen LogP contribution >= 0.6 is 11.6 Å². The van der Waals surface area contributed by atoms with Crippen LogP contribution in [0, 0.1) is 0 Å². The lowest BCUT2D eigenvalue weighted by Gasteiger charge is -2.33. The Morgan fingerprint density at radius 2 is 1.77 bits per heavy atom. The zero-order valence-corrected chi connectivity index (χ0v) is 33.8. The third-order valence-corrected chi connectivity index (χ3v) is 11.3. The van der Waals surface area contributed by atoms with Gasteiger partial charge in [-0.05, 0) is 86.1 Å². The zero-order valence-electron chi connectivity index (χ0n) is 33.0. The van der Waals surface area contributed by atoms with Crippen molar-refractivity contribution in [1.82, 2.24) is 34.6 Å². The van der Waals surface area contributed by atoms with E-state index in [1.807, 2.05) is 57.7 Å². The van der Waals surface area contributed by atoms with Gasteiger partial charge in [0.15, 0.2) is 5.65 Å². The maximum atomic E-state index is 13.8. The number of carbonyl (C=O) groups excluding carboxylic acids is 1. The van der Waals surface area contributed by atoms with E-state index in [4.69, 9.17) is 36.1 Å². The fourth-order valence-electron chi connectivity index (χ4n) is 7.87. The molecule has 302 valence electrons. The van der Waals surface area contributed by atoms with Gasteiger partial charge in [0.2, 0.25) is 5.95 Å². The summed E-state index contributed by atoms with van der Waals surface area (Å²) in [5, 5.41) is 28.0. The Balaban J connectivity index is 0.00000160. The van der Waals surface area contributed by atoms with Crippen molar-refractivity contribution >= 4 is 41.5 Å². The normalized spacial score (nSPS) is 19.9. The summed E-state index contributed by atoms with van der Waals surface area (Å²) in [7, 11) is 0. The molecule has 3 aliphatic rings. The number of urea groups is 1. The highest BCUT2D eigenvalue weighted by Crippen LogP contribution is 2.39. The van der Waals surface area contributed by atoms with Crippen LogP contribution in [0.3, 0.4) is 0 Å². The van der Waals surface area contributed by atoms with Gasteiger partial charge in [0.05, 0.1) is 36.8 Å². The molecule has 0 radical (unpaired) electrons. The van der Waals surface area contributed by atoms with Gasteiger partial charge in [-0.1, -0.05) is 56.6 Å². The molecule has 0 bridgehead atoms. The molecule has 2 saturated heterocycles. The summed E-state index contributed by atoms with van der Waals surface area (Å²) in [6.07, 6.45) is 6.84. The summed E-state index contributed by atoms with van der Waals surface area (Å²) in [5.41, 5.74) is 5.39. The molecule has 2 fully saturated rings. The fraction of sp³-hybridized carbons (Fsp3) is 0.452. The summed E-state index contributed by atoms with van der Waals surface area (Å²) in [5.74, 6) is 2.21. The number of carboxylic acid groups (broad SMARTS) is 1. The molecule has 3 atom stereocenters. The molecule has 5 heterocycles. The number of pyridine rings is 1. The maximum Gasteiger partial charge on any atom is 0.320 e. The van der Waals surface area contributed by atoms with E-state index in [9.17, 15) is 4.79 Å². The molecule has 1 aliphatic carbocycles. The van der Waals surface area contributed by atoms with E-state index < -0.39 is 0 Å². The van der Waals surface area contributed by atoms with Gasteiger partial charge in [-0.3, -0.25) is 19.4 Å². The van der Waals surface area contributed by atoms with E-state index in [1.165, 1.54) is 6.42 Å². The van der Waals surface area contributed by atoms with Gasteiger partial charge >= 0.3 is 6.03 Å². The number of nitrogens with one attached hydrogen (secondary N) is 2. The summed E-state index contributed by atoms with van der Waals surface area (Å²) in [4.78, 5) is 26.9. The Bertz CT molecular complexity index is 2180. The number of amides is 2. The molecule has 3 aromatic heterocycles. The first kappa shape index (κ1) is 40.0. The summed E-state index contributed by atoms with van der Waals surface area (Å²) >= 11 is 6.68. The highest BCUT2D eigenvalue weighted by molar-refractivity contribution is 6.31. The minimum atomic E-state index is -0.296. The van der Waals surface area contributed by atoms with Crippen molar-refractivity contribution in [3.05, 3.63) is 94.3 Å². The standard InChI is InChI=1S/C41H50ClN9O3.CH2O2/c1-27-9-7-8-18-49(27)40-46-45-37-17-13-30(26-50(37)40)54-35-16-15-34(31-10-5-6-11-32(31)35)43-39(52)44-38-24-36(41(2,3)4)47-51(38)29-12-14-33(42)28(23-29)25-48-19-21-53-22-20-48;2-1-3/h5-6,10-14,17,23-24,26-27,34-35H,7-9,15-16,18-22,25H2,1-4H3,(H2,43,44,52);1H,(H,2,3)/t27-,34-,35+;/m0./s1. The van der Waals surface area contributed by atoms with Gasteiger partial charge < -0.3 is 24.8 Å². The van der Waals surface area contributed by atoms with Gasteiger partial charge in [0.25, 0.3) is 6.47 Å². The molecule has 0 saturated carbocycles. The molecule has 5 aromatic rings. The van der Waals surface area contributed by atoms with Crippen molar-refractivity contribution in [2.24, 2.45) is 0 Å². The van der Waals surface area contributed by atoms with Gasteiger partial charge in [-0.15, -0.1) is 10.2 Å². The Morgan fingerprint density at radius 3 is 2.53 bits per heavy atom. The number of carbonyl (C=O) groups is 2. The van der Waals surface area contributed by atoms with Crippen LogP contribution in [0.15, 0.2) is 66.9 Å². The highest BCUT2D eigenvalue weighted by Gasteiger charge is 2.31. The topological polar surface area (TPSA) is 151 Å². The quantitative estimate of drug-likeness (QED) is 0.134. The third-order valence-electron chi connectivity index (χ3n) is 10.9. The second-order valence-electron chi connectivity index (χ2n) is 15.9. The molecule has 0 spiro atoms. The van der Waals surface area contributed by atoms with E-state index >= 15 is 0 Å². The smallest absolute Gasteiger partial charge is 0.320 e. The van der Waals surface area contributed by atoms with Crippen LogP contribution in [0.4, 0.5) is 16.6 Å². The Labute approximate surface area is 338 Å². The Hall–Kier alpha value is -5.18. The number of piperidine rings is 1. The number of rotatable bonds is 8. The SMILES string of the molecule is C[C@H]1CCCCN1c1nnc2ccc(O[C@@H]3CC[C@H](NC(=O)Nc4cc(C(C)(C)C)nn4-c4ccc(Cl)c(CN5CCOCC5)c4)c4ccccc43)cn12.O=CO. The molecule has 15 heteroatoms. The van der Waals surface area contributed by atoms with Crippen molar-refractivity contribution in [1.29, 1.82) is 0 Å². The van der Waals surface area contributed by atoms with E-state index in [2.05, 4.69) is 76.5 Å². The largest absolute Gasteiger partial charge is 0.484 e. The lowest BCUT2D eigenvalue weighted by molar-refractivity contribution is -0.122. The molecule has 3 N–H and O–H groups in total. The van der Waals surface area contributed by atoms with Crippen LogP contribution < -0.4 is 20.3 Å². The number of halogens is 1. The van der Waals surface area contributed by atoms with E-state index in [0.717, 1.165) is 90.7 Å². The second kappa shape index (κ2) is 17.5. The molecule has 14 nitrogen and oxygen atoms in total. The predicted octanol–water partition coefficient (Wildman–Crippen LogP) is 7.55. The van der Waals surface area contributed by atoms with Gasteiger partial charge in [-0.2, -0.15) is 5.10 Å². The summed E-state index contributed by atoms with van der Waals surface area (Å²) in [6, 6.07) is 20.0. The number of benzene rings is 2. The molecule has 2 aliphatic heterocycles. The van der Waals surface area contributed by atoms with Crippen LogP contribution in [-0.2, 0) is 21.5 Å². The first-order valence-corrected chi connectivity index (χ1v) is 20.1. The molecular formula is C42H52ClN9O5. The molecule has 57 heavy (non-hydrogen) atoms. The van der Waals surface area contributed by atoms with Crippen molar-refractivity contribution in [3.63, 3.8) is 0 Å². The monoisotopic (exact) mass is 797 g/mol. The highest BCUT2D eigenvalue weighted by atomic mass is 35.5. The van der Waals surface area contributed by atoms with Crippen LogP contribution in [0.25, 0.3) is 11.3 Å². The van der Waals surface area contributed by atoms with Gasteiger partial charge in [0.1, 0.15) is 17.7 Å². The maximum absolute atomic E-state index is 13.8. The summed E-state index contributed by atoms with van der Waals surface area (Å²) < 4.78 is 16.1. The first-order valence-electron chi connectivity index (χ1n) is 19.7. The lowest BCUT2D eigenvalue weighted by atomic mass is 9.85. The van der Waals surface area contributed by atoms with Crippen LogP contribution in [0.1, 0.15) is 94.3 Å². The first-order chi connectivity index (χ1) is 27.5. The predicted molar refractivity (Wildman–Crippen MR) is 220 cm³/mol. The number of anilines is 2. The Morgan fingerprint density at radius 1 is 1.00 bits per heavy atom. The lowest BCUT2D eigenvalue weighted by Crippen LogP contribution is -2.38. The Kier molecular flexibility index (Phi) is 12.3. The van der Waals surface area contributed by atoms with Gasteiger partial charge in [-0.25, -0.2) is 9.48 Å². The van der Waals surface area contributed by atoms with Crippen molar-refractivity contribution < 1.29 is 24.2 Å². The van der Waals surface area contributed by atoms with E-state index in [1.54, 1.807) is 0 Å². The van der Waals surface area contributed by atoms with E-state index in [0.29, 0.717) is 36.6 Å². The van der Waals surface area contributed by atoms with Crippen LogP contribution in [0.5, 0.6) is 5.75 Å². The summed E-state index contributed by atoms with van der Waals surface area (Å²) in [6.45, 7) is 13.2. The van der Waals surface area contributed by atoms with Crippen molar-refractivity contribution in [2.75, 3.05) is 43.1 Å². The molecule has 8 rings (SSSR count). The number of hydrogen-bond acceptors (Lipinski definition) is 9. The average molecular weight is 798 g/mol. The molecular weight excluding hydrogens is 746 g/mol. The van der Waals surface area contributed by atoms with E-state index in [-0.39, 0.29) is 30.1 Å². The number of ether oxygens (including phenoxy) is 2. The molecule has 2 aromatic carbocycles. The molecule has 2 amide bonds. The minimum Gasteiger partial charge on any atom is -0.484 e. The number of hydrogen-bond donors (Lipinski definition) is 3. The number of nitrogens with zero attached hydrogens (tertiary/aromatic N) is 7. The fourth-order valence-corrected chi connectivity index (χ4v) is 8.04. The number of fused-ring (bicyclic) bond motifs is 2. The van der Waals surface area contributed by atoms with Gasteiger partial charge in [0, 0.05) is 48.7 Å². The number of morpholine rings is 1. The van der Waals surface area contributed by atoms with Crippen molar-refractivity contribution in [2.45, 2.75) is 89.9 Å². The minimum absolute atomic E-state index is 0.166. The van der Waals surface area contributed by atoms with Crippen LogP contribution in [0.2, 0.25) is 5.02 Å². The number of aromatic nitrogens is 5. The van der Waals surface area contributed by atoms with Crippen LogP contribution in [-0.4, -0.2) is 85.8 Å². The third kappa shape index (κ3) is 9.19.